The zero-order chi connectivity index (χ0) is 32.2. The van der Waals surface area contributed by atoms with Crippen molar-refractivity contribution in [2.24, 2.45) is 0 Å². The molecule has 1 N–H and O–H groups in total. The lowest BCUT2D eigenvalue weighted by Gasteiger charge is -2.24. The van der Waals surface area contributed by atoms with E-state index in [4.69, 9.17) is 9.47 Å². The molecule has 0 unspecified atom stereocenters. The van der Waals surface area contributed by atoms with Gasteiger partial charge in [0.05, 0.1) is 42.0 Å². The molecule has 2 aromatic heterocycles. The van der Waals surface area contributed by atoms with Crippen LogP contribution < -0.4 is 5.56 Å². The van der Waals surface area contributed by atoms with Crippen molar-refractivity contribution in [2.45, 2.75) is 72.3 Å². The van der Waals surface area contributed by atoms with Gasteiger partial charge in [0.1, 0.15) is 0 Å². The Morgan fingerprint density at radius 3 is 2.69 bits per heavy atom. The lowest BCUT2D eigenvalue weighted by atomic mass is 10.0. The van der Waals surface area contributed by atoms with Crippen molar-refractivity contribution in [3.05, 3.63) is 75.9 Å². The van der Waals surface area contributed by atoms with Crippen LogP contribution in [0.5, 0.6) is 0 Å². The molecule has 1 aromatic carbocycles. The number of allylic oxidation sites excluding steroid dienone is 5. The number of aromatic nitrogens is 3. The van der Waals surface area contributed by atoms with Crippen LogP contribution in [0.1, 0.15) is 81.3 Å². The van der Waals surface area contributed by atoms with Gasteiger partial charge in [-0.25, -0.2) is 0 Å². The van der Waals surface area contributed by atoms with E-state index in [2.05, 4.69) is 40.1 Å². The number of aromatic amines is 1. The number of methoxy groups -OCH3 is 1. The average molecular weight is 618 g/mol. The Morgan fingerprint density at radius 2 is 1.93 bits per heavy atom. The van der Waals surface area contributed by atoms with Crippen molar-refractivity contribution >= 4 is 27.7 Å². The molecule has 2 aliphatic heterocycles. The van der Waals surface area contributed by atoms with Crippen LogP contribution in [0.25, 0.3) is 21.8 Å². The van der Waals surface area contributed by atoms with Crippen LogP contribution in [0, 0.1) is 6.92 Å². The van der Waals surface area contributed by atoms with Gasteiger partial charge >= 0.3 is 0 Å². The molecule has 0 bridgehead atoms. The highest BCUT2D eigenvalue weighted by atomic mass is 16.5. The second-order valence-electron chi connectivity index (χ2n) is 11.6. The number of amides is 1. The summed E-state index contributed by atoms with van der Waals surface area (Å²) in [4.78, 5) is 34.4. The van der Waals surface area contributed by atoms with E-state index >= 15 is 0 Å². The summed E-state index contributed by atoms with van der Waals surface area (Å²) in [5.41, 5.74) is 4.20. The first-order chi connectivity index (χ1) is 22.0. The molecule has 1 amide bonds. The van der Waals surface area contributed by atoms with Gasteiger partial charge in [0, 0.05) is 43.8 Å². The summed E-state index contributed by atoms with van der Waals surface area (Å²) in [6.07, 6.45) is 17.5. The van der Waals surface area contributed by atoms with Crippen LogP contribution in [0.4, 0.5) is 0 Å². The van der Waals surface area contributed by atoms with Crippen LogP contribution in [-0.4, -0.2) is 83.5 Å². The van der Waals surface area contributed by atoms with Gasteiger partial charge in [-0.15, -0.1) is 0 Å². The lowest BCUT2D eigenvalue weighted by Crippen LogP contribution is -2.35. The van der Waals surface area contributed by atoms with Crippen molar-refractivity contribution < 1.29 is 14.3 Å². The number of carbonyl (C=O) groups is 1. The van der Waals surface area contributed by atoms with Crippen LogP contribution in [0.2, 0.25) is 0 Å². The SMILES string of the molecule is CC.CC\C=C/C=C(\C=C\OC)CCCN1CCCN(C(=O)c2cc3c(cc2C)[nH]c(=O)c2cnn(C4CCOCC4)c23)CC1. The normalized spacial score (nSPS) is 17.3. The molecule has 0 spiro atoms. The molecule has 9 nitrogen and oxygen atoms in total. The highest BCUT2D eigenvalue weighted by Crippen LogP contribution is 2.30. The molecule has 9 heteroatoms. The fourth-order valence-electron chi connectivity index (χ4n) is 6.21. The maximum absolute atomic E-state index is 13.9. The van der Waals surface area contributed by atoms with Crippen molar-refractivity contribution in [3.8, 4) is 0 Å². The second-order valence-corrected chi connectivity index (χ2v) is 11.6. The van der Waals surface area contributed by atoms with Gasteiger partial charge in [-0.2, -0.15) is 5.10 Å². The Labute approximate surface area is 267 Å². The number of ether oxygens (including phenoxy) is 2. The van der Waals surface area contributed by atoms with E-state index in [9.17, 15) is 9.59 Å². The summed E-state index contributed by atoms with van der Waals surface area (Å²) in [6, 6.07) is 4.08. The maximum atomic E-state index is 13.9. The standard InChI is InChI=1S/C34H45N5O4.C2H6/c1-4-5-6-9-26(11-19-42-3)10-7-14-37-15-8-16-38(18-17-37)34(41)28-23-29-31(22-25(28)2)36-33(40)30-24-35-39(32(29)30)27-12-20-43-21-13-27;1-2/h5-6,9,11,19,22-24,27H,4,7-8,10,12-18,20-21H2,1-3H3,(H,36,40);1-2H3/b6-5-,19-11+,26-9-;. The smallest absolute Gasteiger partial charge is 0.259 e. The van der Waals surface area contributed by atoms with Gasteiger partial charge < -0.3 is 24.3 Å². The summed E-state index contributed by atoms with van der Waals surface area (Å²) in [6.45, 7) is 13.7. The van der Waals surface area contributed by atoms with E-state index in [0.29, 0.717) is 30.7 Å². The first-order valence-electron chi connectivity index (χ1n) is 16.7. The van der Waals surface area contributed by atoms with E-state index in [1.54, 1.807) is 19.6 Å². The average Bonchev–Trinajstić information content (AvgIpc) is 3.38. The Kier molecular flexibility index (Phi) is 13.0. The van der Waals surface area contributed by atoms with Crippen LogP contribution in [-0.2, 0) is 9.47 Å². The summed E-state index contributed by atoms with van der Waals surface area (Å²) in [5.74, 6) is 0.0513. The summed E-state index contributed by atoms with van der Waals surface area (Å²) >= 11 is 0. The number of hydrogen-bond acceptors (Lipinski definition) is 6. The number of benzene rings is 1. The predicted octanol–water partition coefficient (Wildman–Crippen LogP) is 6.54. The van der Waals surface area contributed by atoms with Crippen molar-refractivity contribution in [2.75, 3.05) is 53.0 Å². The predicted molar refractivity (Wildman–Crippen MR) is 183 cm³/mol. The molecule has 0 atom stereocenters. The number of nitrogens with one attached hydrogen (secondary N) is 1. The fraction of sp³-hybridized carbons (Fsp3) is 0.528. The Balaban J connectivity index is 0.00000226. The Hall–Kier alpha value is -3.69. The zero-order valence-corrected chi connectivity index (χ0v) is 27.8. The first-order valence-corrected chi connectivity index (χ1v) is 16.7. The van der Waals surface area contributed by atoms with Crippen molar-refractivity contribution in [1.82, 2.24) is 24.6 Å². The van der Waals surface area contributed by atoms with E-state index in [0.717, 1.165) is 86.7 Å². The topological polar surface area (TPSA) is 92.7 Å². The number of hydrogen-bond donors (Lipinski definition) is 1. The minimum atomic E-state index is -0.151. The van der Waals surface area contributed by atoms with Crippen molar-refractivity contribution in [3.63, 3.8) is 0 Å². The minimum Gasteiger partial charge on any atom is -0.504 e. The molecule has 45 heavy (non-hydrogen) atoms. The van der Waals surface area contributed by atoms with Gasteiger partial charge in [-0.3, -0.25) is 14.3 Å². The van der Waals surface area contributed by atoms with E-state index in [-0.39, 0.29) is 17.5 Å². The second kappa shape index (κ2) is 17.1. The van der Waals surface area contributed by atoms with Crippen LogP contribution in [0.3, 0.4) is 0 Å². The molecular formula is C36H51N5O4. The zero-order valence-electron chi connectivity index (χ0n) is 27.8. The molecule has 2 fully saturated rings. The third kappa shape index (κ3) is 8.52. The number of rotatable bonds is 10. The highest BCUT2D eigenvalue weighted by molar-refractivity contribution is 6.07. The van der Waals surface area contributed by atoms with Crippen LogP contribution >= 0.6 is 0 Å². The third-order valence-electron chi connectivity index (χ3n) is 8.59. The number of pyridine rings is 1. The quantitative estimate of drug-likeness (QED) is 0.205. The number of nitrogens with zero attached hydrogens (tertiary/aromatic N) is 4. The number of aryl methyl sites for hydroxylation is 1. The third-order valence-corrected chi connectivity index (χ3v) is 8.59. The minimum absolute atomic E-state index is 0.0513. The van der Waals surface area contributed by atoms with E-state index in [1.165, 1.54) is 5.57 Å². The van der Waals surface area contributed by atoms with Gasteiger partial charge in [-0.05, 0) is 87.9 Å². The molecule has 3 aromatic rings. The monoisotopic (exact) mass is 617 g/mol. The summed E-state index contributed by atoms with van der Waals surface area (Å²) < 4.78 is 12.7. The molecule has 0 radical (unpaired) electrons. The molecule has 5 rings (SSSR count). The lowest BCUT2D eigenvalue weighted by molar-refractivity contribution is 0.0675. The molecule has 244 valence electrons. The Morgan fingerprint density at radius 1 is 1.13 bits per heavy atom. The maximum Gasteiger partial charge on any atom is 0.259 e. The first kappa shape index (κ1) is 34.2. The summed E-state index contributed by atoms with van der Waals surface area (Å²) in [7, 11) is 1.67. The molecular weight excluding hydrogens is 566 g/mol. The van der Waals surface area contributed by atoms with E-state index < -0.39 is 0 Å². The van der Waals surface area contributed by atoms with Gasteiger partial charge in [0.2, 0.25) is 0 Å². The molecule has 2 saturated heterocycles. The van der Waals surface area contributed by atoms with Gasteiger partial charge in [-0.1, -0.05) is 39.0 Å². The Bertz CT molecular complexity index is 1560. The molecule has 0 aliphatic carbocycles. The fourth-order valence-corrected chi connectivity index (χ4v) is 6.21. The highest BCUT2D eigenvalue weighted by Gasteiger charge is 2.25. The summed E-state index contributed by atoms with van der Waals surface area (Å²) in [5, 5.41) is 6.05. The van der Waals surface area contributed by atoms with Crippen LogP contribution in [0.15, 0.2) is 59.3 Å². The molecule has 2 aliphatic rings. The van der Waals surface area contributed by atoms with Gasteiger partial charge in [0.25, 0.3) is 11.5 Å². The number of H-pyrrole nitrogens is 1. The molecule has 0 saturated carbocycles. The molecule has 4 heterocycles. The number of carbonyl (C=O) groups excluding carboxylic acids is 1. The van der Waals surface area contributed by atoms with Gasteiger partial charge in [0.15, 0.2) is 0 Å². The number of fused-ring (bicyclic) bond motifs is 3. The van der Waals surface area contributed by atoms with Crippen molar-refractivity contribution in [1.29, 1.82) is 0 Å². The van der Waals surface area contributed by atoms with E-state index in [1.807, 2.05) is 48.6 Å². The largest absolute Gasteiger partial charge is 0.504 e.